The lowest BCUT2D eigenvalue weighted by molar-refractivity contribution is -0.163. The van der Waals surface area contributed by atoms with Crippen molar-refractivity contribution in [1.29, 1.82) is 0 Å². The van der Waals surface area contributed by atoms with Gasteiger partial charge >= 0.3 is 5.97 Å². The summed E-state index contributed by atoms with van der Waals surface area (Å²) in [7, 11) is 1.69. The number of carbonyl (C=O) groups excluding carboxylic acids is 1. The summed E-state index contributed by atoms with van der Waals surface area (Å²) in [5, 5.41) is 8.07. The Balaban J connectivity index is 1.93. The Morgan fingerprint density at radius 2 is 1.93 bits per heavy atom. The first-order chi connectivity index (χ1) is 14.2. The summed E-state index contributed by atoms with van der Waals surface area (Å²) in [6.45, 7) is 7.67. The highest BCUT2D eigenvalue weighted by Gasteiger charge is 2.45. The van der Waals surface area contributed by atoms with Crippen molar-refractivity contribution in [1.82, 2.24) is 10.2 Å². The van der Waals surface area contributed by atoms with Crippen LogP contribution in [0.3, 0.4) is 0 Å². The number of rotatable bonds is 3. The molecule has 3 atom stereocenters. The van der Waals surface area contributed by atoms with Crippen molar-refractivity contribution >= 4 is 5.97 Å². The van der Waals surface area contributed by atoms with E-state index in [1.807, 2.05) is 52.0 Å². The van der Waals surface area contributed by atoms with E-state index in [-0.39, 0.29) is 17.8 Å². The van der Waals surface area contributed by atoms with E-state index in [4.69, 9.17) is 9.47 Å². The van der Waals surface area contributed by atoms with Crippen LogP contribution >= 0.6 is 0 Å². The lowest BCUT2D eigenvalue weighted by atomic mass is 9.69. The van der Waals surface area contributed by atoms with Gasteiger partial charge in [0.1, 0.15) is 16.9 Å². The molecule has 1 aliphatic rings. The molecule has 1 unspecified atom stereocenters. The van der Waals surface area contributed by atoms with Crippen LogP contribution in [-0.4, -0.2) is 34.5 Å². The normalized spacial score (nSPS) is 23.9. The van der Waals surface area contributed by atoms with E-state index in [1.54, 1.807) is 13.3 Å². The van der Waals surface area contributed by atoms with Gasteiger partial charge in [0.25, 0.3) is 0 Å². The van der Waals surface area contributed by atoms with Gasteiger partial charge in [0, 0.05) is 19.2 Å². The predicted molar refractivity (Wildman–Crippen MR) is 116 cm³/mol. The van der Waals surface area contributed by atoms with Crippen LogP contribution in [0.15, 0.2) is 42.6 Å². The molecule has 0 saturated heterocycles. The molecular weight excluding hydrogens is 376 g/mol. The van der Waals surface area contributed by atoms with Crippen molar-refractivity contribution in [3.63, 3.8) is 0 Å². The minimum Gasteiger partial charge on any atom is -0.460 e. The topological polar surface area (TPSA) is 61.3 Å². The highest BCUT2D eigenvalue weighted by molar-refractivity contribution is 5.74. The van der Waals surface area contributed by atoms with E-state index in [9.17, 15) is 4.79 Å². The molecule has 0 amide bonds. The molecule has 5 nitrogen and oxygen atoms in total. The molecule has 30 heavy (non-hydrogen) atoms. The number of hydrogen-bond acceptors (Lipinski definition) is 5. The van der Waals surface area contributed by atoms with Crippen molar-refractivity contribution in [2.75, 3.05) is 7.11 Å². The van der Waals surface area contributed by atoms with Crippen LogP contribution in [0, 0.1) is 24.7 Å². The van der Waals surface area contributed by atoms with E-state index in [0.717, 1.165) is 11.1 Å². The number of aryl methyl sites for hydroxylation is 1. The number of benzene rings is 1. The Morgan fingerprint density at radius 1 is 1.20 bits per heavy atom. The smallest absolute Gasteiger partial charge is 0.310 e. The predicted octanol–water partition coefficient (Wildman–Crippen LogP) is 4.45. The van der Waals surface area contributed by atoms with E-state index < -0.39 is 11.2 Å². The van der Waals surface area contributed by atoms with Gasteiger partial charge in [-0.1, -0.05) is 36.3 Å². The highest BCUT2D eigenvalue weighted by atomic mass is 16.6. The number of ether oxygens (including phenoxy) is 2. The zero-order valence-corrected chi connectivity index (χ0v) is 18.4. The molecule has 1 saturated carbocycles. The Labute approximate surface area is 179 Å². The molecule has 1 aromatic carbocycles. The Bertz CT molecular complexity index is 940. The van der Waals surface area contributed by atoms with Gasteiger partial charge in [0.05, 0.1) is 5.92 Å². The fraction of sp³-hybridized carbons (Fsp3) is 0.480. The van der Waals surface area contributed by atoms with E-state index in [1.165, 1.54) is 0 Å². The average Bonchev–Trinajstić information content (AvgIpc) is 2.72. The highest BCUT2D eigenvalue weighted by Crippen LogP contribution is 2.45. The van der Waals surface area contributed by atoms with E-state index >= 15 is 0 Å². The number of esters is 1. The largest absolute Gasteiger partial charge is 0.460 e. The van der Waals surface area contributed by atoms with Crippen LogP contribution in [0.2, 0.25) is 0 Å². The second kappa shape index (κ2) is 8.97. The lowest BCUT2D eigenvalue weighted by Gasteiger charge is -2.41. The quantitative estimate of drug-likeness (QED) is 0.557. The maximum atomic E-state index is 13.0. The standard InChI is InChI=1S/C25H30N2O3/c1-18-13-16-26-27-22(18)12-15-25(29-5)14-11-20(23(28)30-24(2,3)4)21(17-25)19-9-7-6-8-10-19/h6-10,13,16,20-21H,11,14,17H2,1-5H3/t20-,21+,25?/m1/s1. The van der Waals surface area contributed by atoms with Gasteiger partial charge in [-0.3, -0.25) is 4.79 Å². The zero-order valence-electron chi connectivity index (χ0n) is 18.4. The number of hydrogen-bond donors (Lipinski definition) is 0. The minimum atomic E-state index is -0.650. The van der Waals surface area contributed by atoms with Gasteiger partial charge in [0.15, 0.2) is 0 Å². The van der Waals surface area contributed by atoms with Gasteiger partial charge in [0.2, 0.25) is 0 Å². The fourth-order valence-corrected chi connectivity index (χ4v) is 3.94. The first kappa shape index (κ1) is 22.0. The lowest BCUT2D eigenvalue weighted by Crippen LogP contribution is -2.43. The molecule has 0 spiro atoms. The fourth-order valence-electron chi connectivity index (χ4n) is 3.94. The monoisotopic (exact) mass is 406 g/mol. The molecule has 3 rings (SSSR count). The van der Waals surface area contributed by atoms with Crippen LogP contribution < -0.4 is 0 Å². The molecule has 0 N–H and O–H groups in total. The molecule has 1 heterocycles. The van der Waals surface area contributed by atoms with Crippen LogP contribution in [0.25, 0.3) is 0 Å². The summed E-state index contributed by atoms with van der Waals surface area (Å²) >= 11 is 0. The van der Waals surface area contributed by atoms with E-state index in [0.29, 0.717) is 25.0 Å². The second-order valence-corrected chi connectivity index (χ2v) is 8.91. The molecule has 0 bridgehead atoms. The third kappa shape index (κ3) is 5.25. The molecule has 0 radical (unpaired) electrons. The van der Waals surface area contributed by atoms with Crippen LogP contribution in [0.5, 0.6) is 0 Å². The third-order valence-corrected chi connectivity index (χ3v) is 5.55. The number of methoxy groups -OCH3 is 1. The summed E-state index contributed by atoms with van der Waals surface area (Å²) in [5.41, 5.74) is 1.57. The van der Waals surface area contributed by atoms with Gasteiger partial charge in [-0.05, 0) is 70.1 Å². The molecule has 1 aromatic heterocycles. The molecule has 5 heteroatoms. The van der Waals surface area contributed by atoms with Crippen LogP contribution in [0.1, 0.15) is 62.8 Å². The SMILES string of the molecule is COC1(C#Cc2nnccc2C)CC[C@@H](C(=O)OC(C)(C)C)[C@H](c2ccccc2)C1. The summed E-state index contributed by atoms with van der Waals surface area (Å²) in [4.78, 5) is 13.0. The third-order valence-electron chi connectivity index (χ3n) is 5.55. The van der Waals surface area contributed by atoms with Crippen molar-refractivity contribution in [3.05, 3.63) is 59.4 Å². The van der Waals surface area contributed by atoms with Gasteiger partial charge in [-0.15, -0.1) is 5.10 Å². The Morgan fingerprint density at radius 3 is 2.57 bits per heavy atom. The van der Waals surface area contributed by atoms with Crippen molar-refractivity contribution in [2.24, 2.45) is 5.92 Å². The van der Waals surface area contributed by atoms with Crippen LogP contribution in [-0.2, 0) is 14.3 Å². The maximum Gasteiger partial charge on any atom is 0.310 e. The van der Waals surface area contributed by atoms with Crippen molar-refractivity contribution in [3.8, 4) is 11.8 Å². The first-order valence-corrected chi connectivity index (χ1v) is 10.4. The van der Waals surface area contributed by atoms with Gasteiger partial charge < -0.3 is 9.47 Å². The number of nitrogens with zero attached hydrogens (tertiary/aromatic N) is 2. The molecule has 158 valence electrons. The number of aromatic nitrogens is 2. The molecule has 1 fully saturated rings. The van der Waals surface area contributed by atoms with Crippen molar-refractivity contribution < 1.29 is 14.3 Å². The second-order valence-electron chi connectivity index (χ2n) is 8.91. The summed E-state index contributed by atoms with van der Waals surface area (Å²) in [5.74, 6) is 6.07. The average molecular weight is 407 g/mol. The van der Waals surface area contributed by atoms with E-state index in [2.05, 4.69) is 34.2 Å². The van der Waals surface area contributed by atoms with Crippen LogP contribution in [0.4, 0.5) is 0 Å². The first-order valence-electron chi connectivity index (χ1n) is 10.4. The number of carbonyl (C=O) groups is 1. The van der Waals surface area contributed by atoms with Gasteiger partial charge in [-0.25, -0.2) is 0 Å². The van der Waals surface area contributed by atoms with Gasteiger partial charge in [-0.2, -0.15) is 5.10 Å². The molecule has 1 aliphatic carbocycles. The summed E-state index contributed by atoms with van der Waals surface area (Å²) in [6.07, 6.45) is 3.58. The zero-order chi connectivity index (χ0) is 21.8. The minimum absolute atomic E-state index is 0.0352. The maximum absolute atomic E-state index is 13.0. The Kier molecular flexibility index (Phi) is 6.58. The summed E-state index contributed by atoms with van der Waals surface area (Å²) < 4.78 is 11.7. The molecule has 2 aromatic rings. The molecular formula is C25H30N2O3. The van der Waals surface area contributed by atoms with Crippen molar-refractivity contribution in [2.45, 2.75) is 64.1 Å². The Hall–Kier alpha value is -2.71. The molecule has 0 aliphatic heterocycles. The summed E-state index contributed by atoms with van der Waals surface area (Å²) in [6, 6.07) is 12.0.